The quantitative estimate of drug-likeness (QED) is 0.377. The second-order valence-corrected chi connectivity index (χ2v) is 7.64. The second-order valence-electron chi connectivity index (χ2n) is 7.64. The zero-order valence-corrected chi connectivity index (χ0v) is 18.3. The molecular formula is C21H33N5O3. The summed E-state index contributed by atoms with van der Waals surface area (Å²) in [5, 5.41) is 10.5. The molecule has 160 valence electrons. The summed E-state index contributed by atoms with van der Waals surface area (Å²) in [5.74, 6) is 3.49. The number of guanidine groups is 1. The molecule has 1 heterocycles. The molecule has 1 aromatic heterocycles. The Morgan fingerprint density at radius 1 is 1.21 bits per heavy atom. The van der Waals surface area contributed by atoms with Crippen molar-refractivity contribution in [3.05, 3.63) is 35.5 Å². The minimum Gasteiger partial charge on any atom is -0.493 e. The Kier molecular flexibility index (Phi) is 8.30. The van der Waals surface area contributed by atoms with Crippen LogP contribution < -0.4 is 20.1 Å². The molecule has 0 aliphatic heterocycles. The number of nitrogens with zero attached hydrogens (tertiary/aromatic N) is 3. The van der Waals surface area contributed by atoms with E-state index in [1.54, 1.807) is 14.2 Å². The molecule has 2 rings (SSSR count). The van der Waals surface area contributed by atoms with Crippen LogP contribution in [0, 0.1) is 0 Å². The molecule has 29 heavy (non-hydrogen) atoms. The van der Waals surface area contributed by atoms with E-state index in [-0.39, 0.29) is 5.41 Å². The average Bonchev–Trinajstić information content (AvgIpc) is 3.17. The van der Waals surface area contributed by atoms with Gasteiger partial charge >= 0.3 is 0 Å². The maximum Gasteiger partial charge on any atom is 0.232 e. The fourth-order valence-electron chi connectivity index (χ4n) is 2.66. The Bertz CT molecular complexity index is 796. The minimum atomic E-state index is -0.158. The first kappa shape index (κ1) is 22.5. The number of rotatable bonds is 9. The van der Waals surface area contributed by atoms with E-state index in [0.29, 0.717) is 30.8 Å². The lowest BCUT2D eigenvalue weighted by atomic mass is 9.97. The molecule has 0 aliphatic carbocycles. The van der Waals surface area contributed by atoms with Crippen molar-refractivity contribution >= 4 is 5.96 Å². The van der Waals surface area contributed by atoms with Crippen LogP contribution in [0.5, 0.6) is 11.5 Å². The zero-order valence-electron chi connectivity index (χ0n) is 18.3. The molecule has 1 aromatic carbocycles. The predicted molar refractivity (Wildman–Crippen MR) is 114 cm³/mol. The molecule has 0 saturated heterocycles. The van der Waals surface area contributed by atoms with E-state index in [1.807, 2.05) is 39.8 Å². The smallest absolute Gasteiger partial charge is 0.232 e. The summed E-state index contributed by atoms with van der Waals surface area (Å²) >= 11 is 0. The fourth-order valence-corrected chi connectivity index (χ4v) is 2.66. The van der Waals surface area contributed by atoms with Gasteiger partial charge in [0.15, 0.2) is 23.3 Å². The highest BCUT2D eigenvalue weighted by molar-refractivity contribution is 5.79. The van der Waals surface area contributed by atoms with Crippen molar-refractivity contribution in [1.82, 2.24) is 20.8 Å². The Balaban J connectivity index is 1.77. The highest BCUT2D eigenvalue weighted by Crippen LogP contribution is 2.28. The number of aromatic nitrogens is 2. The largest absolute Gasteiger partial charge is 0.493 e. The van der Waals surface area contributed by atoms with Crippen LogP contribution in [0.4, 0.5) is 0 Å². The van der Waals surface area contributed by atoms with Crippen molar-refractivity contribution in [3.8, 4) is 11.5 Å². The van der Waals surface area contributed by atoms with E-state index in [2.05, 4.69) is 31.8 Å². The maximum absolute atomic E-state index is 5.64. The molecular weight excluding hydrogens is 370 g/mol. The van der Waals surface area contributed by atoms with E-state index in [1.165, 1.54) is 5.56 Å². The fraction of sp³-hybridized carbons (Fsp3) is 0.571. The normalized spacial score (nSPS) is 12.0. The van der Waals surface area contributed by atoms with Gasteiger partial charge in [-0.15, -0.1) is 0 Å². The summed E-state index contributed by atoms with van der Waals surface area (Å²) in [6, 6.07) is 6.06. The van der Waals surface area contributed by atoms with Gasteiger partial charge in [0.05, 0.1) is 20.3 Å². The lowest BCUT2D eigenvalue weighted by Crippen LogP contribution is -2.37. The van der Waals surface area contributed by atoms with Gasteiger partial charge in [0.1, 0.15) is 0 Å². The van der Waals surface area contributed by atoms with Crippen LogP contribution in [-0.2, 0) is 18.4 Å². The molecule has 2 aromatic rings. The Labute approximate surface area is 173 Å². The number of ether oxygens (including phenoxy) is 2. The number of aliphatic imine (C=N–C) groups is 1. The lowest BCUT2D eigenvalue weighted by molar-refractivity contribution is 0.310. The first-order valence-corrected chi connectivity index (χ1v) is 9.94. The standard InChI is InChI=1S/C21H33N5O3/c1-7-28-17-13-15(10-11-16(17)27-6)9-8-12-23-20(22-5)24-14-18-25-19(29-26-18)21(2,3)4/h10-11,13H,7-9,12,14H2,1-6H3,(H2,22,23,24). The number of hydrogen-bond donors (Lipinski definition) is 2. The second kappa shape index (κ2) is 10.7. The van der Waals surface area contributed by atoms with Crippen LogP contribution in [0.25, 0.3) is 0 Å². The van der Waals surface area contributed by atoms with Crippen LogP contribution >= 0.6 is 0 Å². The summed E-state index contributed by atoms with van der Waals surface area (Å²) in [6.45, 7) is 9.94. The summed E-state index contributed by atoms with van der Waals surface area (Å²) in [7, 11) is 3.39. The number of aryl methyl sites for hydroxylation is 1. The van der Waals surface area contributed by atoms with Crippen molar-refractivity contribution in [1.29, 1.82) is 0 Å². The SMILES string of the molecule is CCOc1cc(CCCNC(=NC)NCc2noc(C(C)(C)C)n2)ccc1OC. The van der Waals surface area contributed by atoms with E-state index in [9.17, 15) is 0 Å². The highest BCUT2D eigenvalue weighted by Gasteiger charge is 2.21. The van der Waals surface area contributed by atoms with E-state index >= 15 is 0 Å². The minimum absolute atomic E-state index is 0.158. The summed E-state index contributed by atoms with van der Waals surface area (Å²) in [6.07, 6.45) is 1.88. The molecule has 0 radical (unpaired) electrons. The van der Waals surface area contributed by atoms with Gasteiger partial charge < -0.3 is 24.6 Å². The monoisotopic (exact) mass is 403 g/mol. The summed E-state index contributed by atoms with van der Waals surface area (Å²) < 4.78 is 16.3. The number of hydrogen-bond acceptors (Lipinski definition) is 6. The Morgan fingerprint density at radius 2 is 2.00 bits per heavy atom. The predicted octanol–water partition coefficient (Wildman–Crippen LogP) is 3.07. The van der Waals surface area contributed by atoms with Crippen LogP contribution in [0.3, 0.4) is 0 Å². The average molecular weight is 404 g/mol. The molecule has 2 N–H and O–H groups in total. The Morgan fingerprint density at radius 3 is 2.62 bits per heavy atom. The molecule has 8 nitrogen and oxygen atoms in total. The van der Waals surface area contributed by atoms with Crippen molar-refractivity contribution in [3.63, 3.8) is 0 Å². The molecule has 0 bridgehead atoms. The number of benzene rings is 1. The van der Waals surface area contributed by atoms with Crippen molar-refractivity contribution in [2.75, 3.05) is 27.3 Å². The summed E-state index contributed by atoms with van der Waals surface area (Å²) in [4.78, 5) is 8.65. The third-order valence-corrected chi connectivity index (χ3v) is 4.21. The van der Waals surface area contributed by atoms with Crippen LogP contribution in [-0.4, -0.2) is 43.4 Å². The van der Waals surface area contributed by atoms with Crippen LogP contribution in [0.15, 0.2) is 27.7 Å². The number of nitrogens with one attached hydrogen (secondary N) is 2. The van der Waals surface area contributed by atoms with Gasteiger partial charge in [-0.05, 0) is 37.5 Å². The molecule has 0 fully saturated rings. The molecule has 0 spiro atoms. The van der Waals surface area contributed by atoms with Crippen molar-refractivity contribution in [2.24, 2.45) is 4.99 Å². The molecule has 0 saturated carbocycles. The molecule has 0 atom stereocenters. The Hall–Kier alpha value is -2.77. The third-order valence-electron chi connectivity index (χ3n) is 4.21. The van der Waals surface area contributed by atoms with Gasteiger partial charge in [-0.2, -0.15) is 4.98 Å². The maximum atomic E-state index is 5.64. The third kappa shape index (κ3) is 6.96. The van der Waals surface area contributed by atoms with E-state index in [4.69, 9.17) is 14.0 Å². The van der Waals surface area contributed by atoms with E-state index in [0.717, 1.165) is 30.9 Å². The van der Waals surface area contributed by atoms with Gasteiger partial charge in [0.25, 0.3) is 0 Å². The van der Waals surface area contributed by atoms with Gasteiger partial charge in [0.2, 0.25) is 5.89 Å². The van der Waals surface area contributed by atoms with Crippen molar-refractivity contribution in [2.45, 2.75) is 52.5 Å². The topological polar surface area (TPSA) is 93.8 Å². The first-order valence-electron chi connectivity index (χ1n) is 9.94. The van der Waals surface area contributed by atoms with Crippen LogP contribution in [0.1, 0.15) is 51.4 Å². The molecule has 0 aliphatic rings. The first-order chi connectivity index (χ1) is 13.9. The summed E-state index contributed by atoms with van der Waals surface area (Å²) in [5.41, 5.74) is 1.05. The molecule has 0 amide bonds. The lowest BCUT2D eigenvalue weighted by Gasteiger charge is -2.12. The van der Waals surface area contributed by atoms with Gasteiger partial charge in [-0.1, -0.05) is 32.0 Å². The van der Waals surface area contributed by atoms with E-state index < -0.39 is 0 Å². The molecule has 0 unspecified atom stereocenters. The van der Waals surface area contributed by atoms with Crippen LogP contribution in [0.2, 0.25) is 0 Å². The number of methoxy groups -OCH3 is 1. The van der Waals surface area contributed by atoms with Gasteiger partial charge in [-0.3, -0.25) is 4.99 Å². The van der Waals surface area contributed by atoms with Crippen molar-refractivity contribution < 1.29 is 14.0 Å². The zero-order chi connectivity index (χ0) is 21.3. The molecule has 8 heteroatoms. The van der Waals surface area contributed by atoms with Gasteiger partial charge in [0, 0.05) is 19.0 Å². The highest BCUT2D eigenvalue weighted by atomic mass is 16.5. The van der Waals surface area contributed by atoms with Gasteiger partial charge in [-0.25, -0.2) is 0 Å².